The normalized spacial score (nSPS) is 10.5. The van der Waals surface area contributed by atoms with Crippen LogP contribution in [0, 0.1) is 11.6 Å². The lowest BCUT2D eigenvalue weighted by Crippen LogP contribution is -1.95. The molecule has 0 atom stereocenters. The van der Waals surface area contributed by atoms with E-state index in [1.807, 2.05) is 13.0 Å². The molecule has 2 aromatic rings. The molecule has 0 amide bonds. The second kappa shape index (κ2) is 4.75. The molecule has 0 bridgehead atoms. The van der Waals surface area contributed by atoms with Crippen LogP contribution >= 0.6 is 11.3 Å². The molecule has 0 saturated carbocycles. The van der Waals surface area contributed by atoms with Gasteiger partial charge in [0.15, 0.2) is 17.9 Å². The Bertz CT molecular complexity index is 561. The zero-order valence-corrected chi connectivity index (χ0v) is 9.98. The van der Waals surface area contributed by atoms with Gasteiger partial charge >= 0.3 is 0 Å². The van der Waals surface area contributed by atoms with Gasteiger partial charge in [0, 0.05) is 10.4 Å². The Morgan fingerprint density at radius 1 is 1.29 bits per heavy atom. The van der Waals surface area contributed by atoms with Gasteiger partial charge in [-0.05, 0) is 29.5 Å². The van der Waals surface area contributed by atoms with E-state index < -0.39 is 11.6 Å². The van der Waals surface area contributed by atoms with E-state index in [1.54, 1.807) is 5.38 Å². The van der Waals surface area contributed by atoms with Crippen LogP contribution in [0.15, 0.2) is 23.6 Å². The van der Waals surface area contributed by atoms with Gasteiger partial charge in [0.1, 0.15) is 0 Å². The molecule has 1 aromatic carbocycles. The smallest absolute Gasteiger partial charge is 0.169 e. The van der Waals surface area contributed by atoms with E-state index in [9.17, 15) is 13.6 Å². The summed E-state index contributed by atoms with van der Waals surface area (Å²) in [7, 11) is 0. The molecule has 2 rings (SSSR count). The Hall–Kier alpha value is -1.55. The highest BCUT2D eigenvalue weighted by atomic mass is 32.1. The molecule has 1 aromatic heterocycles. The number of hydrogen-bond donors (Lipinski definition) is 0. The Labute approximate surface area is 102 Å². The molecule has 0 spiro atoms. The molecule has 0 aliphatic rings. The predicted octanol–water partition coefficient (Wildman–Crippen LogP) is 4.07. The minimum atomic E-state index is -1.08. The van der Waals surface area contributed by atoms with E-state index in [2.05, 4.69) is 0 Å². The van der Waals surface area contributed by atoms with Crippen LogP contribution in [0.3, 0.4) is 0 Å². The lowest BCUT2D eigenvalue weighted by atomic mass is 10.1. The van der Waals surface area contributed by atoms with Crippen molar-refractivity contribution in [2.24, 2.45) is 0 Å². The minimum absolute atomic E-state index is 0.198. The van der Waals surface area contributed by atoms with Gasteiger partial charge in [-0.15, -0.1) is 11.3 Å². The van der Waals surface area contributed by atoms with Crippen LogP contribution < -0.4 is 0 Å². The van der Waals surface area contributed by atoms with E-state index in [-0.39, 0.29) is 11.1 Å². The fourth-order valence-corrected chi connectivity index (χ4v) is 2.42. The highest BCUT2D eigenvalue weighted by Gasteiger charge is 2.15. The molecule has 0 saturated heterocycles. The molecular formula is C13H10F2OS. The monoisotopic (exact) mass is 252 g/mol. The summed E-state index contributed by atoms with van der Waals surface area (Å²) in [6, 6.07) is 4.57. The number of aldehydes is 1. The maximum atomic E-state index is 13.7. The van der Waals surface area contributed by atoms with Crippen LogP contribution in [0.1, 0.15) is 22.2 Å². The van der Waals surface area contributed by atoms with E-state index in [4.69, 9.17) is 0 Å². The Morgan fingerprint density at radius 3 is 2.65 bits per heavy atom. The van der Waals surface area contributed by atoms with Gasteiger partial charge in [-0.25, -0.2) is 8.78 Å². The molecule has 0 unspecified atom stereocenters. The molecule has 17 heavy (non-hydrogen) atoms. The second-order valence-corrected chi connectivity index (χ2v) is 4.60. The average molecular weight is 252 g/mol. The van der Waals surface area contributed by atoms with Gasteiger partial charge in [-0.1, -0.05) is 13.0 Å². The highest BCUT2D eigenvalue weighted by Crippen LogP contribution is 2.29. The van der Waals surface area contributed by atoms with E-state index >= 15 is 0 Å². The number of carbonyl (C=O) groups excluding carboxylic acids is 1. The van der Waals surface area contributed by atoms with Crippen LogP contribution in [-0.2, 0) is 6.42 Å². The molecule has 0 fully saturated rings. The molecule has 0 radical (unpaired) electrons. The number of hydrogen-bond acceptors (Lipinski definition) is 2. The maximum absolute atomic E-state index is 13.7. The molecule has 1 heterocycles. The Balaban J connectivity index is 2.53. The first-order valence-corrected chi connectivity index (χ1v) is 6.06. The van der Waals surface area contributed by atoms with E-state index in [1.165, 1.54) is 23.5 Å². The van der Waals surface area contributed by atoms with E-state index in [0.29, 0.717) is 11.8 Å². The summed E-state index contributed by atoms with van der Waals surface area (Å²) in [6.45, 7) is 2.00. The molecule has 4 heteroatoms. The van der Waals surface area contributed by atoms with Gasteiger partial charge in [0.2, 0.25) is 0 Å². The Kier molecular flexibility index (Phi) is 3.33. The summed E-state index contributed by atoms with van der Waals surface area (Å²) in [6.07, 6.45) is 1.18. The number of rotatable bonds is 3. The van der Waals surface area contributed by atoms with Crippen LogP contribution in [0.4, 0.5) is 8.78 Å². The predicted molar refractivity (Wildman–Crippen MR) is 64.4 cm³/mol. The molecule has 0 N–H and O–H groups in total. The average Bonchev–Trinajstić information content (AvgIpc) is 2.81. The number of benzene rings is 1. The summed E-state index contributed by atoms with van der Waals surface area (Å²) < 4.78 is 27.2. The minimum Gasteiger partial charge on any atom is -0.298 e. The van der Waals surface area contributed by atoms with Crippen LogP contribution in [0.25, 0.3) is 11.1 Å². The van der Waals surface area contributed by atoms with Gasteiger partial charge in [-0.2, -0.15) is 0 Å². The number of thiophene rings is 1. The first-order chi connectivity index (χ1) is 8.17. The second-order valence-electron chi connectivity index (χ2n) is 3.60. The van der Waals surface area contributed by atoms with Crippen molar-refractivity contribution in [1.29, 1.82) is 0 Å². The fourth-order valence-electron chi connectivity index (χ4n) is 1.59. The van der Waals surface area contributed by atoms with Crippen LogP contribution in [-0.4, -0.2) is 6.29 Å². The zero-order valence-electron chi connectivity index (χ0n) is 9.17. The topological polar surface area (TPSA) is 17.1 Å². The van der Waals surface area contributed by atoms with Crippen molar-refractivity contribution in [2.45, 2.75) is 13.3 Å². The number of carbonyl (C=O) groups is 1. The van der Waals surface area contributed by atoms with Crippen molar-refractivity contribution in [2.75, 3.05) is 0 Å². The Morgan fingerprint density at radius 2 is 2.06 bits per heavy atom. The first kappa shape index (κ1) is 11.9. The maximum Gasteiger partial charge on any atom is 0.169 e. The van der Waals surface area contributed by atoms with Crippen molar-refractivity contribution >= 4 is 17.6 Å². The summed E-state index contributed by atoms with van der Waals surface area (Å²) in [5, 5.41) is 1.79. The third-order valence-electron chi connectivity index (χ3n) is 2.55. The van der Waals surface area contributed by atoms with Gasteiger partial charge in [0.25, 0.3) is 0 Å². The summed E-state index contributed by atoms with van der Waals surface area (Å²) in [4.78, 5) is 11.6. The van der Waals surface area contributed by atoms with Gasteiger partial charge in [0.05, 0.1) is 5.56 Å². The lowest BCUT2D eigenvalue weighted by Gasteiger charge is -2.03. The molecular weight excluding hydrogens is 242 g/mol. The van der Waals surface area contributed by atoms with Crippen molar-refractivity contribution in [3.63, 3.8) is 0 Å². The molecule has 0 aliphatic heterocycles. The quantitative estimate of drug-likeness (QED) is 0.752. The summed E-state index contributed by atoms with van der Waals surface area (Å²) >= 11 is 1.51. The summed E-state index contributed by atoms with van der Waals surface area (Å²) in [5.41, 5.74) is 0.599. The van der Waals surface area contributed by atoms with Gasteiger partial charge in [-0.3, -0.25) is 4.79 Å². The van der Waals surface area contributed by atoms with Crippen LogP contribution in [0.5, 0.6) is 0 Å². The van der Waals surface area contributed by atoms with Crippen molar-refractivity contribution in [3.8, 4) is 11.1 Å². The number of halogens is 2. The van der Waals surface area contributed by atoms with Gasteiger partial charge < -0.3 is 0 Å². The largest absolute Gasteiger partial charge is 0.298 e. The van der Waals surface area contributed by atoms with Crippen LogP contribution in [0.2, 0.25) is 0 Å². The van der Waals surface area contributed by atoms with Crippen molar-refractivity contribution < 1.29 is 13.6 Å². The lowest BCUT2D eigenvalue weighted by molar-refractivity contribution is 0.111. The highest BCUT2D eigenvalue weighted by molar-refractivity contribution is 7.10. The standard InChI is InChI=1S/C13H10F2OS/c1-2-10-5-9(7-17-10)11-4-3-8(6-16)12(14)13(11)15/h3-7H,2H2,1H3. The number of aryl methyl sites for hydroxylation is 1. The molecule has 1 nitrogen and oxygen atoms in total. The first-order valence-electron chi connectivity index (χ1n) is 5.18. The fraction of sp³-hybridized carbons (Fsp3) is 0.154. The zero-order chi connectivity index (χ0) is 12.4. The molecule has 88 valence electrons. The van der Waals surface area contributed by atoms with Crippen molar-refractivity contribution in [1.82, 2.24) is 0 Å². The summed E-state index contributed by atoms with van der Waals surface area (Å²) in [5.74, 6) is -2.04. The third-order valence-corrected chi connectivity index (χ3v) is 3.63. The van der Waals surface area contributed by atoms with Crippen molar-refractivity contribution in [3.05, 3.63) is 45.7 Å². The SMILES string of the molecule is CCc1cc(-c2ccc(C=O)c(F)c2F)cs1. The third kappa shape index (κ3) is 2.13. The molecule has 0 aliphatic carbocycles. The van der Waals surface area contributed by atoms with E-state index in [0.717, 1.165) is 11.3 Å².